The van der Waals surface area contributed by atoms with E-state index < -0.39 is 35.6 Å². The van der Waals surface area contributed by atoms with Gasteiger partial charge in [0.05, 0.1) is 6.04 Å². The van der Waals surface area contributed by atoms with Crippen LogP contribution in [0.25, 0.3) is 11.3 Å². The van der Waals surface area contributed by atoms with E-state index in [0.29, 0.717) is 5.76 Å². The van der Waals surface area contributed by atoms with Gasteiger partial charge in [-0.15, -0.1) is 0 Å². The minimum absolute atomic E-state index is 0.0215. The molecule has 0 radical (unpaired) electrons. The van der Waals surface area contributed by atoms with Crippen molar-refractivity contribution >= 4 is 39.7 Å². The maximum atomic E-state index is 14.1. The van der Waals surface area contributed by atoms with Crippen molar-refractivity contribution in [3.8, 4) is 11.3 Å². The Hall–Kier alpha value is -3.84. The third-order valence-electron chi connectivity index (χ3n) is 5.38. The van der Waals surface area contributed by atoms with Crippen LogP contribution in [0.5, 0.6) is 0 Å². The molecule has 202 valence electrons. The zero-order valence-corrected chi connectivity index (χ0v) is 21.8. The highest BCUT2D eigenvalue weighted by Crippen LogP contribution is 2.24. The van der Waals surface area contributed by atoms with E-state index >= 15 is 0 Å². The number of benzene rings is 2. The lowest BCUT2D eigenvalue weighted by atomic mass is 10.1. The Bertz CT molecular complexity index is 1270. The molecule has 2 aromatic carbocycles. The van der Waals surface area contributed by atoms with Crippen molar-refractivity contribution < 1.29 is 37.5 Å². The zero-order valence-electron chi connectivity index (χ0n) is 20.2. The maximum absolute atomic E-state index is 14.1. The Morgan fingerprint density at radius 2 is 1.92 bits per heavy atom. The average Bonchev–Trinajstić information content (AvgIpc) is 3.33. The summed E-state index contributed by atoms with van der Waals surface area (Å²) in [6, 6.07) is 11.6. The molecule has 1 atom stereocenters. The second kappa shape index (κ2) is 13.6. The number of nitrogens with one attached hydrogen (secondary N) is 2. The predicted molar refractivity (Wildman–Crippen MR) is 136 cm³/mol. The lowest BCUT2D eigenvalue weighted by Crippen LogP contribution is -2.50. The topological polar surface area (TPSA) is 134 Å². The Labute approximate surface area is 225 Å². The third kappa shape index (κ3) is 8.35. The normalized spacial score (nSPS) is 11.6. The van der Waals surface area contributed by atoms with Crippen LogP contribution in [0.2, 0.25) is 0 Å². The highest BCUT2D eigenvalue weighted by atomic mass is 79.9. The van der Waals surface area contributed by atoms with E-state index in [1.165, 1.54) is 25.1 Å². The molecule has 13 heteroatoms. The van der Waals surface area contributed by atoms with Gasteiger partial charge in [-0.3, -0.25) is 19.9 Å². The molecule has 3 rings (SSSR count). The molecule has 0 spiro atoms. The standard InChI is InChI=1S/C25H25BrF2N4O6/c1-15(33)32(29-13-17-4-2-6-20(27)24(17)28)19(5-3-7-23(34)35)14-37-25(36)30-22-12-21(38-31-22)16-8-10-18(26)11-9-16/h2,4,6,8-12,19,29H,3,5,7,13-14H2,1H3,(H,34,35)(H,30,31,36)/t19-/m0/s1. The molecular formula is C25H25BrF2N4O6. The first kappa shape index (κ1) is 28.7. The number of carbonyl (C=O) groups is 3. The number of amides is 2. The number of hydrogen-bond donors (Lipinski definition) is 3. The first-order valence-electron chi connectivity index (χ1n) is 11.5. The predicted octanol–water partition coefficient (Wildman–Crippen LogP) is 5.11. The van der Waals surface area contributed by atoms with Crippen molar-refractivity contribution in [2.24, 2.45) is 0 Å². The van der Waals surface area contributed by atoms with Crippen molar-refractivity contribution in [2.45, 2.75) is 38.8 Å². The molecule has 0 aliphatic heterocycles. The van der Waals surface area contributed by atoms with Gasteiger partial charge in [0.2, 0.25) is 5.91 Å². The smallest absolute Gasteiger partial charge is 0.412 e. The Morgan fingerprint density at radius 1 is 1.18 bits per heavy atom. The number of carbonyl (C=O) groups excluding carboxylic acids is 2. The van der Waals surface area contributed by atoms with Gasteiger partial charge in [0, 0.05) is 41.6 Å². The molecule has 0 aliphatic rings. The summed E-state index contributed by atoms with van der Waals surface area (Å²) >= 11 is 3.34. The fourth-order valence-electron chi connectivity index (χ4n) is 3.53. The van der Waals surface area contributed by atoms with Gasteiger partial charge in [0.1, 0.15) is 6.61 Å². The fourth-order valence-corrected chi connectivity index (χ4v) is 3.79. The molecule has 38 heavy (non-hydrogen) atoms. The Kier molecular flexibility index (Phi) is 10.3. The summed E-state index contributed by atoms with van der Waals surface area (Å²) in [6.45, 7) is 0.682. The molecule has 0 aliphatic carbocycles. The van der Waals surface area contributed by atoms with Gasteiger partial charge in [-0.05, 0) is 31.0 Å². The summed E-state index contributed by atoms with van der Waals surface area (Å²) in [5.74, 6) is -3.11. The Morgan fingerprint density at radius 3 is 2.61 bits per heavy atom. The van der Waals surface area contributed by atoms with Crippen molar-refractivity contribution in [1.29, 1.82) is 0 Å². The molecule has 1 heterocycles. The number of nitrogens with zero attached hydrogens (tertiary/aromatic N) is 2. The van der Waals surface area contributed by atoms with Gasteiger partial charge >= 0.3 is 12.1 Å². The van der Waals surface area contributed by atoms with Gasteiger partial charge in [0.15, 0.2) is 23.2 Å². The first-order chi connectivity index (χ1) is 18.1. The number of rotatable bonds is 12. The van der Waals surface area contributed by atoms with Crippen LogP contribution in [0.4, 0.5) is 19.4 Å². The third-order valence-corrected chi connectivity index (χ3v) is 5.91. The van der Waals surface area contributed by atoms with Gasteiger partial charge in [-0.1, -0.05) is 45.4 Å². The number of aliphatic carboxylic acids is 1. The monoisotopic (exact) mass is 594 g/mol. The van der Waals surface area contributed by atoms with E-state index in [-0.39, 0.29) is 43.8 Å². The average molecular weight is 595 g/mol. The van der Waals surface area contributed by atoms with Crippen molar-refractivity contribution in [3.05, 3.63) is 70.2 Å². The second-order valence-electron chi connectivity index (χ2n) is 8.18. The fraction of sp³-hybridized carbons (Fsp3) is 0.280. The van der Waals surface area contributed by atoms with E-state index in [2.05, 4.69) is 31.8 Å². The van der Waals surface area contributed by atoms with E-state index in [9.17, 15) is 23.2 Å². The van der Waals surface area contributed by atoms with Crippen LogP contribution >= 0.6 is 15.9 Å². The highest BCUT2D eigenvalue weighted by molar-refractivity contribution is 9.10. The van der Waals surface area contributed by atoms with E-state index in [4.69, 9.17) is 14.4 Å². The molecule has 3 aromatic rings. The summed E-state index contributed by atoms with van der Waals surface area (Å²) in [5.41, 5.74) is 3.44. The van der Waals surface area contributed by atoms with Crippen LogP contribution in [0.15, 0.2) is 57.5 Å². The number of hydrogen-bond acceptors (Lipinski definition) is 7. The van der Waals surface area contributed by atoms with Gasteiger partial charge < -0.3 is 14.4 Å². The summed E-state index contributed by atoms with van der Waals surface area (Å²) < 4.78 is 39.0. The van der Waals surface area contributed by atoms with Crippen LogP contribution in [0, 0.1) is 11.6 Å². The van der Waals surface area contributed by atoms with Gasteiger partial charge in [0.25, 0.3) is 0 Å². The molecule has 0 unspecified atom stereocenters. The molecule has 3 N–H and O–H groups in total. The molecule has 0 fully saturated rings. The van der Waals surface area contributed by atoms with Gasteiger partial charge in [-0.2, -0.15) is 0 Å². The summed E-state index contributed by atoms with van der Waals surface area (Å²) in [6.07, 6.45) is -0.742. The minimum Gasteiger partial charge on any atom is -0.481 e. The summed E-state index contributed by atoms with van der Waals surface area (Å²) in [7, 11) is 0. The SMILES string of the molecule is CC(=O)N(NCc1cccc(F)c1F)[C@@H](CCCC(=O)O)COC(=O)Nc1cc(-c2ccc(Br)cc2)on1. The molecule has 10 nitrogen and oxygen atoms in total. The molecule has 2 amide bonds. The van der Waals surface area contributed by atoms with E-state index in [0.717, 1.165) is 21.1 Å². The minimum atomic E-state index is -1.06. The van der Waals surface area contributed by atoms with Gasteiger partial charge in [-0.25, -0.2) is 19.0 Å². The largest absolute Gasteiger partial charge is 0.481 e. The molecule has 0 bridgehead atoms. The molecule has 0 saturated heterocycles. The summed E-state index contributed by atoms with van der Waals surface area (Å²) in [5, 5.41) is 16.3. The van der Waals surface area contributed by atoms with Crippen LogP contribution in [0.1, 0.15) is 31.7 Å². The number of ether oxygens (including phenoxy) is 1. The molecular weight excluding hydrogens is 570 g/mol. The number of carboxylic acid groups (broad SMARTS) is 1. The number of anilines is 1. The van der Waals surface area contributed by atoms with Crippen LogP contribution in [0.3, 0.4) is 0 Å². The quantitative estimate of drug-likeness (QED) is 0.246. The summed E-state index contributed by atoms with van der Waals surface area (Å²) in [4.78, 5) is 35.7. The zero-order chi connectivity index (χ0) is 27.7. The molecule has 0 saturated carbocycles. The lowest BCUT2D eigenvalue weighted by molar-refractivity contribution is -0.137. The Balaban J connectivity index is 1.64. The number of carboxylic acids is 1. The van der Waals surface area contributed by atoms with Crippen molar-refractivity contribution in [3.63, 3.8) is 0 Å². The number of halogens is 3. The second-order valence-corrected chi connectivity index (χ2v) is 9.10. The number of aromatic nitrogens is 1. The molecule has 1 aromatic heterocycles. The maximum Gasteiger partial charge on any atom is 0.412 e. The van der Waals surface area contributed by atoms with Crippen molar-refractivity contribution in [2.75, 3.05) is 11.9 Å². The van der Waals surface area contributed by atoms with Crippen molar-refractivity contribution in [1.82, 2.24) is 15.6 Å². The first-order valence-corrected chi connectivity index (χ1v) is 12.3. The number of hydrazine groups is 1. The lowest BCUT2D eigenvalue weighted by Gasteiger charge is -2.31. The van der Waals surface area contributed by atoms with Crippen LogP contribution in [-0.2, 0) is 20.9 Å². The van der Waals surface area contributed by atoms with Crippen LogP contribution < -0.4 is 10.7 Å². The van der Waals surface area contributed by atoms with E-state index in [1.807, 2.05) is 12.1 Å². The van der Waals surface area contributed by atoms with E-state index in [1.54, 1.807) is 12.1 Å². The van der Waals surface area contributed by atoms with Crippen LogP contribution in [-0.4, -0.2) is 45.9 Å². The highest BCUT2D eigenvalue weighted by Gasteiger charge is 2.24.